The van der Waals surface area contributed by atoms with Gasteiger partial charge in [-0.25, -0.2) is 4.98 Å². The van der Waals surface area contributed by atoms with Crippen molar-refractivity contribution in [1.82, 2.24) is 4.98 Å². The van der Waals surface area contributed by atoms with Crippen LogP contribution in [0.25, 0.3) is 10.8 Å². The van der Waals surface area contributed by atoms with Crippen molar-refractivity contribution < 1.29 is 10.1 Å². The van der Waals surface area contributed by atoms with Gasteiger partial charge in [-0.3, -0.25) is 4.79 Å². The van der Waals surface area contributed by atoms with Crippen molar-refractivity contribution in [2.75, 3.05) is 11.9 Å². The molecule has 0 saturated heterocycles. The van der Waals surface area contributed by atoms with Gasteiger partial charge in [0.15, 0.2) is 11.7 Å². The highest BCUT2D eigenvalue weighted by Crippen LogP contribution is 2.22. The van der Waals surface area contributed by atoms with Gasteiger partial charge in [0.25, 0.3) is 5.91 Å². The Balaban J connectivity index is 1.65. The van der Waals surface area contributed by atoms with Crippen LogP contribution in [0.15, 0.2) is 60.8 Å². The lowest BCUT2D eigenvalue weighted by molar-refractivity contribution is -0.682. The molecule has 0 aliphatic rings. The first-order valence-corrected chi connectivity index (χ1v) is 8.24. The summed E-state index contributed by atoms with van der Waals surface area (Å²) in [5.74, 6) is -0.100. The summed E-state index contributed by atoms with van der Waals surface area (Å²) >= 11 is 5.96. The van der Waals surface area contributed by atoms with Crippen LogP contribution >= 0.6 is 11.6 Å². The number of hydrogen-bond acceptors (Lipinski definition) is 2. The lowest BCUT2D eigenvalue weighted by atomic mass is 10.00. The van der Waals surface area contributed by atoms with Gasteiger partial charge in [-0.2, -0.15) is 0 Å². The summed E-state index contributed by atoms with van der Waals surface area (Å²) in [4.78, 5) is 16.1. The second-order valence-corrected chi connectivity index (χ2v) is 6.04. The summed E-state index contributed by atoms with van der Waals surface area (Å²) in [6.45, 7) is 2.42. The van der Waals surface area contributed by atoms with Crippen molar-refractivity contribution in [3.63, 3.8) is 0 Å². The standard InChI is InChI=1S/C19H18ClN3O/c1-13(15-9-4-7-14-6-2-3-8-16(14)15)22-12-18(24)23-17-10-5-11-21-19(17)20/h2-11,13,22H,12H2,1H3,(H,23,24)/p+1/t13-/m0/s1. The van der Waals surface area contributed by atoms with Crippen molar-refractivity contribution in [3.8, 4) is 0 Å². The molecule has 0 aliphatic heterocycles. The number of hydrogen-bond donors (Lipinski definition) is 2. The molecule has 3 N–H and O–H groups in total. The Morgan fingerprint density at radius 3 is 2.79 bits per heavy atom. The molecular formula is C19H19ClN3O+. The van der Waals surface area contributed by atoms with E-state index in [1.807, 2.05) is 17.4 Å². The third-order valence-electron chi connectivity index (χ3n) is 4.00. The maximum Gasteiger partial charge on any atom is 0.279 e. The van der Waals surface area contributed by atoms with Gasteiger partial charge in [0, 0.05) is 11.8 Å². The van der Waals surface area contributed by atoms with Crippen LogP contribution < -0.4 is 10.6 Å². The molecule has 0 radical (unpaired) electrons. The molecule has 1 aromatic heterocycles. The molecule has 0 unspecified atom stereocenters. The summed E-state index contributed by atoms with van der Waals surface area (Å²) in [7, 11) is 0. The van der Waals surface area contributed by atoms with Gasteiger partial charge in [-0.15, -0.1) is 0 Å². The van der Waals surface area contributed by atoms with Gasteiger partial charge in [0.1, 0.15) is 6.04 Å². The SMILES string of the molecule is C[C@H]([NH2+]CC(=O)Nc1cccnc1Cl)c1cccc2ccccc12. The number of pyridine rings is 1. The molecule has 0 fully saturated rings. The Bertz CT molecular complexity index is 861. The van der Waals surface area contributed by atoms with E-state index in [1.165, 1.54) is 16.3 Å². The zero-order valence-electron chi connectivity index (χ0n) is 13.4. The number of aromatic nitrogens is 1. The average molecular weight is 341 g/mol. The number of carbonyl (C=O) groups is 1. The second kappa shape index (κ2) is 7.43. The molecule has 1 heterocycles. The minimum absolute atomic E-state index is 0.100. The van der Waals surface area contributed by atoms with E-state index in [1.54, 1.807) is 18.3 Å². The molecule has 24 heavy (non-hydrogen) atoms. The highest BCUT2D eigenvalue weighted by Gasteiger charge is 2.14. The van der Waals surface area contributed by atoms with Crippen LogP contribution in [0.1, 0.15) is 18.5 Å². The van der Waals surface area contributed by atoms with E-state index in [9.17, 15) is 4.79 Å². The number of nitrogens with zero attached hydrogens (tertiary/aromatic N) is 1. The van der Waals surface area contributed by atoms with E-state index in [0.29, 0.717) is 17.4 Å². The number of nitrogens with two attached hydrogens (primary N) is 1. The zero-order valence-corrected chi connectivity index (χ0v) is 14.1. The van der Waals surface area contributed by atoms with E-state index in [-0.39, 0.29) is 11.9 Å². The lowest BCUT2D eigenvalue weighted by Crippen LogP contribution is -2.86. The lowest BCUT2D eigenvalue weighted by Gasteiger charge is -2.14. The maximum absolute atomic E-state index is 12.1. The fourth-order valence-corrected chi connectivity index (χ4v) is 2.91. The molecule has 0 bridgehead atoms. The fourth-order valence-electron chi connectivity index (χ4n) is 2.74. The van der Waals surface area contributed by atoms with E-state index in [2.05, 4.69) is 47.6 Å². The number of amides is 1. The number of benzene rings is 2. The highest BCUT2D eigenvalue weighted by atomic mass is 35.5. The van der Waals surface area contributed by atoms with Crippen LogP contribution in [0.3, 0.4) is 0 Å². The Labute approximate surface area is 145 Å². The smallest absolute Gasteiger partial charge is 0.279 e. The number of quaternary nitrogens is 1. The van der Waals surface area contributed by atoms with Crippen molar-refractivity contribution in [2.45, 2.75) is 13.0 Å². The quantitative estimate of drug-likeness (QED) is 0.701. The van der Waals surface area contributed by atoms with Gasteiger partial charge in [-0.05, 0) is 29.8 Å². The van der Waals surface area contributed by atoms with Crippen LogP contribution in [0.5, 0.6) is 0 Å². The van der Waals surface area contributed by atoms with Gasteiger partial charge >= 0.3 is 0 Å². The molecule has 2 aromatic carbocycles. The third-order valence-corrected chi connectivity index (χ3v) is 4.31. The van der Waals surface area contributed by atoms with Crippen LogP contribution in [0.4, 0.5) is 5.69 Å². The van der Waals surface area contributed by atoms with Crippen LogP contribution in [-0.2, 0) is 4.79 Å². The number of halogens is 1. The number of fused-ring (bicyclic) bond motifs is 1. The molecule has 4 nitrogen and oxygen atoms in total. The predicted octanol–water partition coefficient (Wildman–Crippen LogP) is 3.15. The number of anilines is 1. The van der Waals surface area contributed by atoms with E-state index >= 15 is 0 Å². The van der Waals surface area contributed by atoms with Gasteiger partial charge in [0.2, 0.25) is 0 Å². The Hall–Kier alpha value is -2.43. The number of carbonyl (C=O) groups excluding carboxylic acids is 1. The molecule has 0 saturated carbocycles. The molecule has 1 amide bonds. The van der Waals surface area contributed by atoms with Gasteiger partial charge < -0.3 is 10.6 Å². The maximum atomic E-state index is 12.1. The minimum Gasteiger partial charge on any atom is -0.332 e. The predicted molar refractivity (Wildman–Crippen MR) is 97.0 cm³/mol. The summed E-state index contributed by atoms with van der Waals surface area (Å²) in [6, 6.07) is 18.2. The first-order chi connectivity index (χ1) is 11.6. The second-order valence-electron chi connectivity index (χ2n) is 5.69. The largest absolute Gasteiger partial charge is 0.332 e. The molecule has 5 heteroatoms. The van der Waals surface area contributed by atoms with Crippen LogP contribution in [-0.4, -0.2) is 17.4 Å². The van der Waals surface area contributed by atoms with Crippen molar-refractivity contribution in [3.05, 3.63) is 71.5 Å². The Kier molecular flexibility index (Phi) is 5.08. The zero-order chi connectivity index (χ0) is 16.9. The molecule has 3 rings (SSSR count). The van der Waals surface area contributed by atoms with Crippen molar-refractivity contribution >= 4 is 34.0 Å². The molecule has 122 valence electrons. The molecule has 0 aliphatic carbocycles. The normalized spacial score (nSPS) is 12.1. The monoisotopic (exact) mass is 340 g/mol. The van der Waals surface area contributed by atoms with Crippen LogP contribution in [0.2, 0.25) is 5.15 Å². The number of rotatable bonds is 5. The molecule has 0 spiro atoms. The molecule has 3 aromatic rings. The van der Waals surface area contributed by atoms with E-state index in [0.717, 1.165) is 0 Å². The first kappa shape index (κ1) is 16.4. The van der Waals surface area contributed by atoms with E-state index < -0.39 is 0 Å². The van der Waals surface area contributed by atoms with Gasteiger partial charge in [0.05, 0.1) is 5.69 Å². The van der Waals surface area contributed by atoms with Crippen molar-refractivity contribution in [2.24, 2.45) is 0 Å². The minimum atomic E-state index is -0.100. The number of nitrogens with one attached hydrogen (secondary N) is 1. The molecule has 1 atom stereocenters. The van der Waals surface area contributed by atoms with E-state index in [4.69, 9.17) is 11.6 Å². The highest BCUT2D eigenvalue weighted by molar-refractivity contribution is 6.32. The Morgan fingerprint density at radius 2 is 1.96 bits per heavy atom. The van der Waals surface area contributed by atoms with Crippen LogP contribution in [0, 0.1) is 0 Å². The average Bonchev–Trinajstić information content (AvgIpc) is 2.61. The topological polar surface area (TPSA) is 58.6 Å². The fraction of sp³-hybridized carbons (Fsp3) is 0.158. The van der Waals surface area contributed by atoms with Gasteiger partial charge in [-0.1, -0.05) is 54.1 Å². The summed E-state index contributed by atoms with van der Waals surface area (Å²) < 4.78 is 0. The Morgan fingerprint density at radius 1 is 1.17 bits per heavy atom. The first-order valence-electron chi connectivity index (χ1n) is 7.86. The summed E-state index contributed by atoms with van der Waals surface area (Å²) in [5, 5.41) is 7.54. The summed E-state index contributed by atoms with van der Waals surface area (Å²) in [6.07, 6.45) is 1.59. The summed E-state index contributed by atoms with van der Waals surface area (Å²) in [5.41, 5.74) is 1.76. The third kappa shape index (κ3) is 3.72. The van der Waals surface area contributed by atoms with Crippen molar-refractivity contribution in [1.29, 1.82) is 0 Å². The molecular weight excluding hydrogens is 322 g/mol.